The quantitative estimate of drug-likeness (QED) is 0.909. The molecule has 0 unspecified atom stereocenters. The van der Waals surface area contributed by atoms with E-state index in [1.54, 1.807) is 12.1 Å². The molecule has 0 aliphatic carbocycles. The van der Waals surface area contributed by atoms with Crippen LogP contribution in [0.1, 0.15) is 12.6 Å². The van der Waals surface area contributed by atoms with Crippen molar-refractivity contribution in [1.29, 1.82) is 0 Å². The first-order chi connectivity index (χ1) is 8.19. The summed E-state index contributed by atoms with van der Waals surface area (Å²) >= 11 is 5.79. The highest BCUT2D eigenvalue weighted by Crippen LogP contribution is 2.17. The van der Waals surface area contributed by atoms with Crippen molar-refractivity contribution in [3.05, 3.63) is 41.0 Å². The van der Waals surface area contributed by atoms with Crippen LogP contribution in [-0.2, 0) is 13.2 Å². The second kappa shape index (κ2) is 5.10. The van der Waals surface area contributed by atoms with Crippen LogP contribution in [0.15, 0.2) is 30.3 Å². The van der Waals surface area contributed by atoms with E-state index in [0.29, 0.717) is 17.4 Å². The summed E-state index contributed by atoms with van der Waals surface area (Å²) in [4.78, 5) is 0. The van der Waals surface area contributed by atoms with Crippen molar-refractivity contribution in [3.63, 3.8) is 0 Å². The number of aryl methyl sites for hydroxylation is 1. The van der Waals surface area contributed by atoms with Gasteiger partial charge in [0.05, 0.1) is 5.69 Å². The molecule has 2 aromatic rings. The fraction of sp³-hybridized carbons (Fsp3) is 0.250. The third kappa shape index (κ3) is 2.91. The van der Waals surface area contributed by atoms with Gasteiger partial charge in [-0.05, 0) is 31.2 Å². The van der Waals surface area contributed by atoms with E-state index in [1.807, 2.05) is 29.8 Å². The topological polar surface area (TPSA) is 53.1 Å². The molecule has 1 aromatic heterocycles. The predicted octanol–water partition coefficient (Wildman–Crippen LogP) is 2.72. The summed E-state index contributed by atoms with van der Waals surface area (Å²) in [7, 11) is 0. The molecule has 2 N–H and O–H groups in total. The lowest BCUT2D eigenvalue weighted by molar-refractivity contribution is 0.292. The van der Waals surface area contributed by atoms with Crippen LogP contribution >= 0.6 is 11.6 Å². The molecule has 0 bridgehead atoms. The van der Waals surface area contributed by atoms with Gasteiger partial charge in [0, 0.05) is 17.6 Å². The zero-order valence-corrected chi connectivity index (χ0v) is 10.3. The zero-order valence-electron chi connectivity index (χ0n) is 9.56. The zero-order chi connectivity index (χ0) is 12.3. The highest BCUT2D eigenvalue weighted by Gasteiger charge is 2.05. The van der Waals surface area contributed by atoms with Gasteiger partial charge in [-0.3, -0.25) is 4.68 Å². The minimum absolute atomic E-state index is 0.444. The summed E-state index contributed by atoms with van der Waals surface area (Å²) in [6.45, 7) is 3.23. The number of aromatic nitrogens is 2. The van der Waals surface area contributed by atoms with E-state index in [-0.39, 0.29) is 0 Å². The molecule has 17 heavy (non-hydrogen) atoms. The van der Waals surface area contributed by atoms with Crippen LogP contribution in [0.5, 0.6) is 5.75 Å². The first kappa shape index (κ1) is 11.8. The average molecular weight is 252 g/mol. The Balaban J connectivity index is 2.04. The molecule has 2 rings (SSSR count). The van der Waals surface area contributed by atoms with Crippen LogP contribution in [0.4, 0.5) is 5.82 Å². The van der Waals surface area contributed by atoms with Crippen molar-refractivity contribution >= 4 is 17.4 Å². The van der Waals surface area contributed by atoms with Crippen LogP contribution < -0.4 is 10.5 Å². The van der Waals surface area contributed by atoms with Crippen molar-refractivity contribution in [3.8, 4) is 5.75 Å². The van der Waals surface area contributed by atoms with Gasteiger partial charge in [-0.1, -0.05) is 11.6 Å². The van der Waals surface area contributed by atoms with E-state index in [9.17, 15) is 0 Å². The van der Waals surface area contributed by atoms with Crippen LogP contribution in [-0.4, -0.2) is 9.78 Å². The number of benzene rings is 1. The summed E-state index contributed by atoms with van der Waals surface area (Å²) in [5.74, 6) is 1.29. The van der Waals surface area contributed by atoms with Crippen molar-refractivity contribution in [1.82, 2.24) is 9.78 Å². The van der Waals surface area contributed by atoms with E-state index < -0.39 is 0 Å². The smallest absolute Gasteiger partial charge is 0.145 e. The predicted molar refractivity (Wildman–Crippen MR) is 68.1 cm³/mol. The van der Waals surface area contributed by atoms with Gasteiger partial charge in [-0.2, -0.15) is 5.10 Å². The van der Waals surface area contributed by atoms with Crippen LogP contribution in [0.3, 0.4) is 0 Å². The molecule has 0 atom stereocenters. The van der Waals surface area contributed by atoms with Crippen molar-refractivity contribution in [2.75, 3.05) is 5.73 Å². The molecule has 0 aliphatic rings. The molecule has 4 nitrogen and oxygen atoms in total. The highest BCUT2D eigenvalue weighted by molar-refractivity contribution is 6.30. The molecule has 90 valence electrons. The highest BCUT2D eigenvalue weighted by atomic mass is 35.5. The first-order valence-corrected chi connectivity index (χ1v) is 5.77. The SMILES string of the molecule is CCn1nc(N)cc1COc1ccc(Cl)cc1. The third-order valence-electron chi connectivity index (χ3n) is 2.38. The minimum atomic E-state index is 0.444. The Morgan fingerprint density at radius 2 is 2.06 bits per heavy atom. The number of ether oxygens (including phenoxy) is 1. The molecule has 0 spiro atoms. The Morgan fingerprint density at radius 3 is 2.71 bits per heavy atom. The number of rotatable bonds is 4. The van der Waals surface area contributed by atoms with Gasteiger partial charge in [0.15, 0.2) is 0 Å². The fourth-order valence-corrected chi connectivity index (χ4v) is 1.68. The second-order valence-corrected chi connectivity index (χ2v) is 4.06. The lowest BCUT2D eigenvalue weighted by Gasteiger charge is -2.07. The number of halogens is 1. The average Bonchev–Trinajstić information content (AvgIpc) is 2.69. The van der Waals surface area contributed by atoms with Gasteiger partial charge in [0.25, 0.3) is 0 Å². The number of hydrogen-bond donors (Lipinski definition) is 1. The molecular weight excluding hydrogens is 238 g/mol. The number of nitrogen functional groups attached to an aromatic ring is 1. The fourth-order valence-electron chi connectivity index (χ4n) is 1.56. The van der Waals surface area contributed by atoms with Gasteiger partial charge >= 0.3 is 0 Å². The molecule has 0 radical (unpaired) electrons. The molecule has 0 fully saturated rings. The number of nitrogens with two attached hydrogens (primary N) is 1. The number of hydrogen-bond acceptors (Lipinski definition) is 3. The molecule has 0 saturated carbocycles. The standard InChI is InChI=1S/C12H14ClN3O/c1-2-16-10(7-12(14)15-16)8-17-11-5-3-9(13)4-6-11/h3-7H,2,8H2,1H3,(H2,14,15). The molecule has 1 aromatic carbocycles. The second-order valence-electron chi connectivity index (χ2n) is 3.62. The minimum Gasteiger partial charge on any atom is -0.487 e. The maximum Gasteiger partial charge on any atom is 0.145 e. The van der Waals surface area contributed by atoms with Crippen molar-refractivity contribution < 1.29 is 4.74 Å². The molecule has 0 amide bonds. The summed E-state index contributed by atoms with van der Waals surface area (Å²) in [5, 5.41) is 4.84. The lowest BCUT2D eigenvalue weighted by atomic mass is 10.3. The Bertz CT molecular complexity index is 493. The summed E-state index contributed by atoms with van der Waals surface area (Å²) in [5.41, 5.74) is 6.60. The molecule has 0 aliphatic heterocycles. The Labute approximate surface area is 105 Å². The Hall–Kier alpha value is -1.68. The third-order valence-corrected chi connectivity index (χ3v) is 2.63. The van der Waals surface area contributed by atoms with E-state index in [4.69, 9.17) is 22.1 Å². The molecule has 5 heteroatoms. The molecule has 0 saturated heterocycles. The van der Waals surface area contributed by atoms with Gasteiger partial charge in [-0.25, -0.2) is 0 Å². The van der Waals surface area contributed by atoms with Crippen molar-refractivity contribution in [2.24, 2.45) is 0 Å². The maximum atomic E-state index is 5.79. The lowest BCUT2D eigenvalue weighted by Crippen LogP contribution is -2.06. The van der Waals surface area contributed by atoms with Gasteiger partial charge in [0.1, 0.15) is 18.2 Å². The van der Waals surface area contributed by atoms with Crippen LogP contribution in [0, 0.1) is 0 Å². The summed E-state index contributed by atoms with van der Waals surface area (Å²) < 4.78 is 7.45. The Kier molecular flexibility index (Phi) is 3.54. The van der Waals surface area contributed by atoms with Gasteiger partial charge < -0.3 is 10.5 Å². The Morgan fingerprint density at radius 1 is 1.35 bits per heavy atom. The van der Waals surface area contributed by atoms with Crippen LogP contribution in [0.2, 0.25) is 5.02 Å². The van der Waals surface area contributed by atoms with Gasteiger partial charge in [0.2, 0.25) is 0 Å². The van der Waals surface area contributed by atoms with E-state index in [2.05, 4.69) is 5.10 Å². The van der Waals surface area contributed by atoms with Gasteiger partial charge in [-0.15, -0.1) is 0 Å². The maximum absolute atomic E-state index is 5.79. The first-order valence-electron chi connectivity index (χ1n) is 5.39. The summed E-state index contributed by atoms with van der Waals surface area (Å²) in [6, 6.07) is 9.07. The monoisotopic (exact) mass is 251 g/mol. The summed E-state index contributed by atoms with van der Waals surface area (Å²) in [6.07, 6.45) is 0. The largest absolute Gasteiger partial charge is 0.487 e. The van der Waals surface area contributed by atoms with E-state index in [0.717, 1.165) is 18.0 Å². The number of anilines is 1. The van der Waals surface area contributed by atoms with Crippen molar-refractivity contribution in [2.45, 2.75) is 20.1 Å². The molecular formula is C12H14ClN3O. The van der Waals surface area contributed by atoms with E-state index in [1.165, 1.54) is 0 Å². The number of nitrogens with zero attached hydrogens (tertiary/aromatic N) is 2. The molecule has 1 heterocycles. The normalized spacial score (nSPS) is 10.5. The van der Waals surface area contributed by atoms with E-state index >= 15 is 0 Å². The van der Waals surface area contributed by atoms with Crippen LogP contribution in [0.25, 0.3) is 0 Å².